The maximum atomic E-state index is 11.9. The summed E-state index contributed by atoms with van der Waals surface area (Å²) < 4.78 is 5.41. The van der Waals surface area contributed by atoms with Gasteiger partial charge < -0.3 is 4.74 Å². The van der Waals surface area contributed by atoms with E-state index in [4.69, 9.17) is 4.74 Å². The third-order valence-corrected chi connectivity index (χ3v) is 6.64. The van der Waals surface area contributed by atoms with Gasteiger partial charge in [-0.25, -0.2) is 0 Å². The Labute approximate surface area is 237 Å². The van der Waals surface area contributed by atoms with Crippen LogP contribution in [0.2, 0.25) is 0 Å². The minimum atomic E-state index is -0.00577. The lowest BCUT2D eigenvalue weighted by atomic mass is 10.1. The monoisotopic (exact) mass is 526 g/mol. The molecular formula is C36H62O2. The fraction of sp³-hybridized carbons (Fsp3) is 0.694. The molecule has 0 fully saturated rings. The van der Waals surface area contributed by atoms with Gasteiger partial charge in [-0.15, -0.1) is 0 Å². The molecule has 0 spiro atoms. The fourth-order valence-corrected chi connectivity index (χ4v) is 4.24. The van der Waals surface area contributed by atoms with Crippen molar-refractivity contribution in [1.29, 1.82) is 0 Å². The molecule has 2 heteroatoms. The van der Waals surface area contributed by atoms with Crippen molar-refractivity contribution in [2.45, 2.75) is 155 Å². The summed E-state index contributed by atoms with van der Waals surface area (Å²) in [6.07, 6.45) is 48.4. The van der Waals surface area contributed by atoms with Crippen LogP contribution in [-0.2, 0) is 9.53 Å². The maximum absolute atomic E-state index is 11.9. The summed E-state index contributed by atoms with van der Waals surface area (Å²) in [5.41, 5.74) is 0. The van der Waals surface area contributed by atoms with Crippen molar-refractivity contribution in [2.75, 3.05) is 6.61 Å². The van der Waals surface area contributed by atoms with Crippen LogP contribution in [0.4, 0.5) is 0 Å². The molecule has 0 rings (SSSR count). The Morgan fingerprint density at radius 3 is 1.42 bits per heavy atom. The molecule has 0 radical (unpaired) electrons. The predicted molar refractivity (Wildman–Crippen MR) is 170 cm³/mol. The van der Waals surface area contributed by atoms with Crippen LogP contribution in [0.25, 0.3) is 0 Å². The largest absolute Gasteiger partial charge is 0.466 e. The Kier molecular flexibility index (Phi) is 31.6. The van der Waals surface area contributed by atoms with Crippen molar-refractivity contribution in [2.24, 2.45) is 0 Å². The Hall–Kier alpha value is -1.83. The first-order valence-electron chi connectivity index (χ1n) is 16.2. The van der Waals surface area contributed by atoms with Crippen molar-refractivity contribution in [3.05, 3.63) is 60.8 Å². The minimum absolute atomic E-state index is 0.00577. The summed E-state index contributed by atoms with van der Waals surface area (Å²) in [6, 6.07) is 0. The van der Waals surface area contributed by atoms with E-state index in [0.717, 1.165) is 44.9 Å². The lowest BCUT2D eigenvalue weighted by Crippen LogP contribution is -2.05. The molecule has 2 nitrogen and oxygen atoms in total. The molecule has 0 N–H and O–H groups in total. The zero-order valence-electron chi connectivity index (χ0n) is 25.4. The number of hydrogen-bond donors (Lipinski definition) is 0. The van der Waals surface area contributed by atoms with E-state index in [1.165, 1.54) is 89.9 Å². The van der Waals surface area contributed by atoms with Gasteiger partial charge in [0.05, 0.1) is 6.61 Å². The number of allylic oxidation sites excluding steroid dienone is 10. The molecule has 0 bridgehead atoms. The van der Waals surface area contributed by atoms with Crippen LogP contribution >= 0.6 is 0 Å². The van der Waals surface area contributed by atoms with Crippen LogP contribution in [-0.4, -0.2) is 12.6 Å². The van der Waals surface area contributed by atoms with E-state index in [-0.39, 0.29) is 5.97 Å². The van der Waals surface area contributed by atoms with Gasteiger partial charge in [0.1, 0.15) is 0 Å². The van der Waals surface area contributed by atoms with Gasteiger partial charge in [0, 0.05) is 6.42 Å². The second-order valence-electron chi connectivity index (χ2n) is 10.4. The topological polar surface area (TPSA) is 26.3 Å². The lowest BCUT2D eigenvalue weighted by molar-refractivity contribution is -0.143. The average Bonchev–Trinajstić information content (AvgIpc) is 2.92. The highest BCUT2D eigenvalue weighted by Crippen LogP contribution is 2.10. The molecular weight excluding hydrogens is 464 g/mol. The van der Waals surface area contributed by atoms with Crippen LogP contribution in [0.3, 0.4) is 0 Å². The maximum Gasteiger partial charge on any atom is 0.305 e. The molecule has 0 saturated heterocycles. The van der Waals surface area contributed by atoms with Gasteiger partial charge in [-0.3, -0.25) is 4.79 Å². The summed E-state index contributed by atoms with van der Waals surface area (Å²) in [5, 5.41) is 0. The fourth-order valence-electron chi connectivity index (χ4n) is 4.24. The normalized spacial score (nSPS) is 12.4. The second-order valence-corrected chi connectivity index (χ2v) is 10.4. The average molecular weight is 527 g/mol. The first kappa shape index (κ1) is 36.2. The van der Waals surface area contributed by atoms with E-state index < -0.39 is 0 Å². The van der Waals surface area contributed by atoms with Gasteiger partial charge >= 0.3 is 5.97 Å². The summed E-state index contributed by atoms with van der Waals surface area (Å²) in [6.45, 7) is 5.02. The number of esters is 1. The number of unbranched alkanes of at least 4 members (excludes halogenated alkanes) is 14. The van der Waals surface area contributed by atoms with Crippen molar-refractivity contribution in [1.82, 2.24) is 0 Å². The molecule has 0 aliphatic rings. The van der Waals surface area contributed by atoms with Crippen molar-refractivity contribution in [3.63, 3.8) is 0 Å². The molecule has 38 heavy (non-hydrogen) atoms. The van der Waals surface area contributed by atoms with Crippen LogP contribution in [0.5, 0.6) is 0 Å². The smallest absolute Gasteiger partial charge is 0.305 e. The zero-order chi connectivity index (χ0) is 27.6. The lowest BCUT2D eigenvalue weighted by Gasteiger charge is -2.05. The van der Waals surface area contributed by atoms with E-state index in [0.29, 0.717) is 13.0 Å². The van der Waals surface area contributed by atoms with Crippen LogP contribution in [0, 0.1) is 0 Å². The molecule has 218 valence electrons. The highest BCUT2D eigenvalue weighted by atomic mass is 16.5. The minimum Gasteiger partial charge on any atom is -0.466 e. The van der Waals surface area contributed by atoms with Crippen LogP contribution in [0.1, 0.15) is 155 Å². The molecule has 0 heterocycles. The van der Waals surface area contributed by atoms with Crippen LogP contribution < -0.4 is 0 Å². The Balaban J connectivity index is 3.31. The molecule has 0 aromatic heterocycles. The molecule has 0 aromatic rings. The predicted octanol–water partition coefficient (Wildman–Crippen LogP) is 11.9. The van der Waals surface area contributed by atoms with Gasteiger partial charge in [0.2, 0.25) is 0 Å². The SMILES string of the molecule is CC/C=C\C/C=C\C/C=C\CCCCCCCC(=O)OCCCCCCCC/C=C\C/C=C\CCCCC. The summed E-state index contributed by atoms with van der Waals surface area (Å²) in [4.78, 5) is 11.9. The van der Waals surface area contributed by atoms with Crippen molar-refractivity contribution in [3.8, 4) is 0 Å². The quantitative estimate of drug-likeness (QED) is 0.0575. The van der Waals surface area contributed by atoms with Crippen molar-refractivity contribution < 1.29 is 9.53 Å². The first-order valence-corrected chi connectivity index (χ1v) is 16.2. The third kappa shape index (κ3) is 32.2. The second kappa shape index (κ2) is 33.2. The molecule has 0 unspecified atom stereocenters. The molecule has 0 aliphatic heterocycles. The zero-order valence-corrected chi connectivity index (χ0v) is 25.4. The Bertz CT molecular complexity index is 623. The summed E-state index contributed by atoms with van der Waals surface area (Å²) in [5.74, 6) is -0.00577. The van der Waals surface area contributed by atoms with E-state index in [9.17, 15) is 4.79 Å². The van der Waals surface area contributed by atoms with Gasteiger partial charge in [-0.2, -0.15) is 0 Å². The summed E-state index contributed by atoms with van der Waals surface area (Å²) >= 11 is 0. The number of carbonyl (C=O) groups excluding carboxylic acids is 1. The Morgan fingerprint density at radius 2 is 0.895 bits per heavy atom. The van der Waals surface area contributed by atoms with Gasteiger partial charge in [-0.1, -0.05) is 132 Å². The van der Waals surface area contributed by atoms with Gasteiger partial charge in [-0.05, 0) is 77.0 Å². The molecule has 0 amide bonds. The van der Waals surface area contributed by atoms with Gasteiger partial charge in [0.25, 0.3) is 0 Å². The van der Waals surface area contributed by atoms with E-state index >= 15 is 0 Å². The molecule has 0 saturated carbocycles. The molecule has 0 aliphatic carbocycles. The van der Waals surface area contributed by atoms with Crippen LogP contribution in [0.15, 0.2) is 60.8 Å². The van der Waals surface area contributed by atoms with Crippen molar-refractivity contribution >= 4 is 5.97 Å². The summed E-state index contributed by atoms with van der Waals surface area (Å²) in [7, 11) is 0. The van der Waals surface area contributed by atoms with E-state index in [1.807, 2.05) is 0 Å². The highest BCUT2D eigenvalue weighted by molar-refractivity contribution is 5.69. The third-order valence-electron chi connectivity index (χ3n) is 6.64. The standard InChI is InChI=1S/C36H62O2/c1-3-5-7-9-11-13-15-17-19-21-23-25-27-29-31-33-35-38-36(37)34-32-30-28-26-24-22-20-18-16-14-12-10-8-6-4-2/h6,8,11-14,17-20H,3-5,7,9-10,15-16,21-35H2,1-2H3/b8-6-,13-11-,14-12-,19-17-,20-18-. The highest BCUT2D eigenvalue weighted by Gasteiger charge is 2.02. The van der Waals surface area contributed by atoms with Gasteiger partial charge in [0.15, 0.2) is 0 Å². The number of hydrogen-bond acceptors (Lipinski definition) is 2. The first-order chi connectivity index (χ1) is 18.8. The number of carbonyl (C=O) groups is 1. The number of ether oxygens (including phenoxy) is 1. The Morgan fingerprint density at radius 1 is 0.474 bits per heavy atom. The van der Waals surface area contributed by atoms with E-state index in [1.54, 1.807) is 0 Å². The molecule has 0 aromatic carbocycles. The number of rotatable bonds is 28. The molecule has 0 atom stereocenters. The van der Waals surface area contributed by atoms with E-state index in [2.05, 4.69) is 74.6 Å².